The minimum absolute atomic E-state index is 0.0743. The number of anilines is 1. The van der Waals surface area contributed by atoms with E-state index in [2.05, 4.69) is 37.1 Å². The van der Waals surface area contributed by atoms with Gasteiger partial charge in [-0.15, -0.1) is 0 Å². The lowest BCUT2D eigenvalue weighted by Crippen LogP contribution is -2.44. The van der Waals surface area contributed by atoms with Gasteiger partial charge in [-0.05, 0) is 35.6 Å². The SMILES string of the molecule is C=C1NC(=O)N(C)C12Cc1ccc(NC(=O)CCC(C)CCCC)cc1C2. The third-order valence-corrected chi connectivity index (χ3v) is 6.14. The van der Waals surface area contributed by atoms with Gasteiger partial charge in [0.15, 0.2) is 0 Å². The van der Waals surface area contributed by atoms with Crippen molar-refractivity contribution < 1.29 is 9.59 Å². The van der Waals surface area contributed by atoms with E-state index in [1.807, 2.05) is 19.2 Å². The van der Waals surface area contributed by atoms with E-state index in [-0.39, 0.29) is 17.5 Å². The molecule has 3 amide bonds. The molecule has 0 aromatic heterocycles. The molecule has 5 heteroatoms. The number of urea groups is 1. The van der Waals surface area contributed by atoms with E-state index < -0.39 is 0 Å². The molecule has 1 aliphatic carbocycles. The van der Waals surface area contributed by atoms with Crippen molar-refractivity contribution in [1.29, 1.82) is 0 Å². The maximum absolute atomic E-state index is 12.3. The molecule has 3 rings (SSSR count). The number of nitrogens with zero attached hydrogens (tertiary/aromatic N) is 1. The second-order valence-electron chi connectivity index (χ2n) is 8.17. The fourth-order valence-corrected chi connectivity index (χ4v) is 4.21. The fourth-order valence-electron chi connectivity index (χ4n) is 4.21. The molecule has 1 heterocycles. The van der Waals surface area contributed by atoms with Crippen molar-refractivity contribution in [2.24, 2.45) is 5.92 Å². The summed E-state index contributed by atoms with van der Waals surface area (Å²) in [6.07, 6.45) is 6.60. The molecule has 0 saturated carbocycles. The Hall–Kier alpha value is -2.30. The Morgan fingerprint density at radius 3 is 2.74 bits per heavy atom. The maximum atomic E-state index is 12.3. The summed E-state index contributed by atoms with van der Waals surface area (Å²) in [5, 5.41) is 5.88. The third-order valence-electron chi connectivity index (χ3n) is 6.14. The van der Waals surface area contributed by atoms with E-state index in [0.717, 1.165) is 30.6 Å². The molecule has 1 saturated heterocycles. The average molecular weight is 370 g/mol. The topological polar surface area (TPSA) is 61.4 Å². The molecule has 2 N–H and O–H groups in total. The van der Waals surface area contributed by atoms with Crippen LogP contribution in [0.1, 0.15) is 57.1 Å². The van der Waals surface area contributed by atoms with Crippen LogP contribution in [-0.4, -0.2) is 29.4 Å². The predicted octanol–water partition coefficient (Wildman–Crippen LogP) is 4.24. The van der Waals surface area contributed by atoms with Crippen molar-refractivity contribution >= 4 is 17.6 Å². The summed E-state index contributed by atoms with van der Waals surface area (Å²) in [6, 6.07) is 5.97. The van der Waals surface area contributed by atoms with E-state index in [1.54, 1.807) is 4.90 Å². The monoisotopic (exact) mass is 369 g/mol. The first kappa shape index (κ1) is 19.5. The first-order chi connectivity index (χ1) is 12.9. The van der Waals surface area contributed by atoms with Gasteiger partial charge in [0, 0.05) is 37.7 Å². The Morgan fingerprint density at radius 1 is 1.33 bits per heavy atom. The third kappa shape index (κ3) is 3.87. The van der Waals surface area contributed by atoms with E-state index in [9.17, 15) is 9.59 Å². The van der Waals surface area contributed by atoms with Crippen molar-refractivity contribution in [3.8, 4) is 0 Å². The molecule has 5 nitrogen and oxygen atoms in total. The van der Waals surface area contributed by atoms with Crippen LogP contribution in [0.2, 0.25) is 0 Å². The zero-order valence-electron chi connectivity index (χ0n) is 16.7. The van der Waals surface area contributed by atoms with Gasteiger partial charge in [0.2, 0.25) is 5.91 Å². The summed E-state index contributed by atoms with van der Waals surface area (Å²) in [4.78, 5) is 26.1. The van der Waals surface area contributed by atoms with E-state index in [4.69, 9.17) is 0 Å². The van der Waals surface area contributed by atoms with Gasteiger partial charge in [-0.1, -0.05) is 45.8 Å². The van der Waals surface area contributed by atoms with Crippen LogP contribution in [-0.2, 0) is 17.6 Å². The quantitative estimate of drug-likeness (QED) is 0.755. The number of unbranched alkanes of at least 4 members (excludes halogenated alkanes) is 1. The lowest BCUT2D eigenvalue weighted by molar-refractivity contribution is -0.116. The van der Waals surface area contributed by atoms with Crippen molar-refractivity contribution in [3.63, 3.8) is 0 Å². The second-order valence-corrected chi connectivity index (χ2v) is 8.17. The second kappa shape index (κ2) is 7.75. The van der Waals surface area contributed by atoms with Crippen LogP contribution in [0.25, 0.3) is 0 Å². The molecule has 1 fully saturated rings. The number of hydrogen-bond donors (Lipinski definition) is 2. The van der Waals surface area contributed by atoms with Crippen molar-refractivity contribution in [1.82, 2.24) is 10.2 Å². The largest absolute Gasteiger partial charge is 0.326 e. The Morgan fingerprint density at radius 2 is 2.07 bits per heavy atom. The molecule has 1 aromatic rings. The lowest BCUT2D eigenvalue weighted by Gasteiger charge is -2.30. The standard InChI is InChI=1S/C22H31N3O2/c1-5-6-7-15(2)8-11-20(26)24-19-10-9-17-13-22(14-18(17)12-19)16(3)23-21(27)25(22)4/h9-10,12,15H,3,5-8,11,13-14H2,1-2,4H3,(H,23,27)(H,24,26). The highest BCUT2D eigenvalue weighted by atomic mass is 16.2. The van der Waals surface area contributed by atoms with Gasteiger partial charge >= 0.3 is 6.03 Å². The van der Waals surface area contributed by atoms with Gasteiger partial charge in [0.05, 0.1) is 5.54 Å². The first-order valence-corrected chi connectivity index (χ1v) is 10.0. The molecule has 0 bridgehead atoms. The predicted molar refractivity (Wildman–Crippen MR) is 109 cm³/mol. The van der Waals surface area contributed by atoms with Gasteiger partial charge in [0.1, 0.15) is 0 Å². The van der Waals surface area contributed by atoms with Gasteiger partial charge in [-0.25, -0.2) is 4.79 Å². The van der Waals surface area contributed by atoms with Gasteiger partial charge in [-0.3, -0.25) is 4.79 Å². The highest BCUT2D eigenvalue weighted by Gasteiger charge is 2.50. The number of carbonyl (C=O) groups is 2. The first-order valence-electron chi connectivity index (χ1n) is 10.0. The average Bonchev–Trinajstić information content (AvgIpc) is 3.12. The van der Waals surface area contributed by atoms with Gasteiger partial charge < -0.3 is 15.5 Å². The summed E-state index contributed by atoms with van der Waals surface area (Å²) in [5.41, 5.74) is 3.61. The number of fused-ring (bicyclic) bond motifs is 1. The van der Waals surface area contributed by atoms with Gasteiger partial charge in [0.25, 0.3) is 0 Å². The van der Waals surface area contributed by atoms with Crippen LogP contribution in [0.4, 0.5) is 10.5 Å². The number of benzene rings is 1. The minimum Gasteiger partial charge on any atom is -0.326 e. The van der Waals surface area contributed by atoms with E-state index in [0.29, 0.717) is 12.3 Å². The number of nitrogens with one attached hydrogen (secondary N) is 2. The number of hydrogen-bond acceptors (Lipinski definition) is 2. The zero-order chi connectivity index (χ0) is 19.6. The highest BCUT2D eigenvalue weighted by molar-refractivity contribution is 5.91. The number of carbonyl (C=O) groups excluding carboxylic acids is 2. The number of likely N-dealkylation sites (N-methyl/N-ethyl adjacent to an activating group) is 1. The van der Waals surface area contributed by atoms with E-state index in [1.165, 1.54) is 30.4 Å². The summed E-state index contributed by atoms with van der Waals surface area (Å²) < 4.78 is 0. The van der Waals surface area contributed by atoms with Crippen molar-refractivity contribution in [3.05, 3.63) is 41.6 Å². The van der Waals surface area contributed by atoms with Crippen LogP contribution < -0.4 is 10.6 Å². The van der Waals surface area contributed by atoms with Crippen LogP contribution in [0.5, 0.6) is 0 Å². The maximum Gasteiger partial charge on any atom is 0.322 e. The zero-order valence-corrected chi connectivity index (χ0v) is 16.7. The molecular weight excluding hydrogens is 338 g/mol. The molecule has 2 aliphatic rings. The Kier molecular flexibility index (Phi) is 5.59. The molecule has 2 atom stereocenters. The lowest BCUT2D eigenvalue weighted by atomic mass is 9.92. The van der Waals surface area contributed by atoms with Crippen LogP contribution in [0.3, 0.4) is 0 Å². The summed E-state index contributed by atoms with van der Waals surface area (Å²) in [6.45, 7) is 8.48. The number of amides is 3. The van der Waals surface area contributed by atoms with Crippen LogP contribution in [0.15, 0.2) is 30.5 Å². The smallest absolute Gasteiger partial charge is 0.322 e. The molecule has 1 aliphatic heterocycles. The molecule has 0 radical (unpaired) electrons. The summed E-state index contributed by atoms with van der Waals surface area (Å²) >= 11 is 0. The Bertz CT molecular complexity index is 758. The minimum atomic E-state index is -0.378. The Labute approximate surface area is 162 Å². The molecule has 1 spiro atoms. The van der Waals surface area contributed by atoms with Crippen molar-refractivity contribution in [2.75, 3.05) is 12.4 Å². The van der Waals surface area contributed by atoms with Crippen LogP contribution >= 0.6 is 0 Å². The normalized spacial score (nSPS) is 22.1. The van der Waals surface area contributed by atoms with Crippen LogP contribution in [0, 0.1) is 5.92 Å². The molecular formula is C22H31N3O2. The fraction of sp³-hybridized carbons (Fsp3) is 0.545. The summed E-state index contributed by atoms with van der Waals surface area (Å²) in [7, 11) is 1.82. The molecule has 27 heavy (non-hydrogen) atoms. The number of rotatable bonds is 7. The molecule has 1 aromatic carbocycles. The van der Waals surface area contributed by atoms with Gasteiger partial charge in [-0.2, -0.15) is 0 Å². The Balaban J connectivity index is 1.60. The molecule has 146 valence electrons. The van der Waals surface area contributed by atoms with Crippen molar-refractivity contribution in [2.45, 2.75) is 64.3 Å². The van der Waals surface area contributed by atoms with E-state index >= 15 is 0 Å². The highest BCUT2D eigenvalue weighted by Crippen LogP contribution is 2.41. The molecule has 2 unspecified atom stereocenters. The summed E-state index contributed by atoms with van der Waals surface area (Å²) in [5.74, 6) is 0.662.